The van der Waals surface area contributed by atoms with Gasteiger partial charge in [0.1, 0.15) is 23.0 Å². The van der Waals surface area contributed by atoms with Crippen molar-refractivity contribution in [2.45, 2.75) is 20.8 Å². The molecule has 2 aromatic heterocycles. The maximum atomic E-state index is 12.3. The monoisotopic (exact) mass is 390 g/mol. The van der Waals surface area contributed by atoms with Gasteiger partial charge in [-0.2, -0.15) is 0 Å². The molecule has 0 spiro atoms. The highest BCUT2D eigenvalue weighted by atomic mass is 16.3. The number of carbonyl (C=O) groups excluding carboxylic acids is 2. The fourth-order valence-corrected chi connectivity index (χ4v) is 2.62. The average Bonchev–Trinajstić information content (AvgIpc) is 3.28. The average molecular weight is 390 g/mol. The lowest BCUT2D eigenvalue weighted by Gasteiger charge is -2.11. The van der Waals surface area contributed by atoms with Crippen molar-refractivity contribution < 1.29 is 18.4 Å². The van der Waals surface area contributed by atoms with Crippen molar-refractivity contribution in [1.82, 2.24) is 0 Å². The summed E-state index contributed by atoms with van der Waals surface area (Å²) >= 11 is 0. The molecule has 0 saturated carbocycles. The first-order chi connectivity index (χ1) is 13.9. The van der Waals surface area contributed by atoms with E-state index in [1.807, 2.05) is 39.0 Å². The van der Waals surface area contributed by atoms with Crippen molar-refractivity contribution in [3.63, 3.8) is 0 Å². The molecule has 148 valence electrons. The van der Waals surface area contributed by atoms with E-state index in [4.69, 9.17) is 8.83 Å². The third-order valence-corrected chi connectivity index (χ3v) is 4.01. The highest BCUT2D eigenvalue weighted by Crippen LogP contribution is 2.23. The molecule has 2 heterocycles. The zero-order valence-electron chi connectivity index (χ0n) is 16.5. The van der Waals surface area contributed by atoms with E-state index in [-0.39, 0.29) is 11.8 Å². The van der Waals surface area contributed by atoms with Gasteiger partial charge >= 0.3 is 0 Å². The van der Waals surface area contributed by atoms with Crippen molar-refractivity contribution in [3.8, 4) is 0 Å². The number of amides is 2. The van der Waals surface area contributed by atoms with E-state index in [0.29, 0.717) is 22.9 Å². The van der Waals surface area contributed by atoms with Gasteiger partial charge in [-0.1, -0.05) is 6.07 Å². The normalized spacial score (nSPS) is 11.3. The number of rotatable bonds is 6. The van der Waals surface area contributed by atoms with Gasteiger partial charge in [0.2, 0.25) is 11.8 Å². The fourth-order valence-electron chi connectivity index (χ4n) is 2.62. The second-order valence-corrected chi connectivity index (χ2v) is 6.59. The van der Waals surface area contributed by atoms with Gasteiger partial charge < -0.3 is 19.5 Å². The minimum absolute atomic E-state index is 0.332. The second kappa shape index (κ2) is 8.93. The molecule has 0 bridgehead atoms. The molecule has 0 aliphatic heterocycles. The number of nitrogens with one attached hydrogen (secondary N) is 2. The summed E-state index contributed by atoms with van der Waals surface area (Å²) in [6.07, 6.45) is 5.93. The minimum atomic E-state index is -0.333. The summed E-state index contributed by atoms with van der Waals surface area (Å²) in [5, 5.41) is 5.56. The van der Waals surface area contributed by atoms with Crippen LogP contribution in [0.1, 0.15) is 28.6 Å². The van der Waals surface area contributed by atoms with Crippen LogP contribution >= 0.6 is 0 Å². The first-order valence-corrected chi connectivity index (χ1v) is 9.11. The quantitative estimate of drug-likeness (QED) is 0.574. The summed E-state index contributed by atoms with van der Waals surface area (Å²) in [6, 6.07) is 12.6. The van der Waals surface area contributed by atoms with Gasteiger partial charge in [0.05, 0.1) is 11.4 Å². The first-order valence-electron chi connectivity index (χ1n) is 9.11. The lowest BCUT2D eigenvalue weighted by molar-refractivity contribution is -0.112. The van der Waals surface area contributed by atoms with Gasteiger partial charge in [-0.25, -0.2) is 0 Å². The highest BCUT2D eigenvalue weighted by molar-refractivity contribution is 6.07. The molecule has 6 nitrogen and oxygen atoms in total. The van der Waals surface area contributed by atoms with E-state index in [0.717, 1.165) is 17.1 Å². The summed E-state index contributed by atoms with van der Waals surface area (Å²) in [6.45, 7) is 5.57. The molecule has 29 heavy (non-hydrogen) atoms. The molecule has 3 rings (SSSR count). The van der Waals surface area contributed by atoms with E-state index < -0.39 is 0 Å². The molecule has 0 saturated heterocycles. The van der Waals surface area contributed by atoms with Gasteiger partial charge in [0, 0.05) is 12.2 Å². The molecule has 3 aromatic rings. The van der Waals surface area contributed by atoms with Gasteiger partial charge in [0.25, 0.3) is 0 Å². The molecule has 0 radical (unpaired) electrons. The van der Waals surface area contributed by atoms with E-state index in [1.165, 1.54) is 12.2 Å². The number of benzene rings is 1. The number of furan rings is 2. The molecular weight excluding hydrogens is 368 g/mol. The molecule has 1 aromatic carbocycles. The molecule has 0 atom stereocenters. The number of anilines is 2. The Morgan fingerprint density at radius 3 is 1.72 bits per heavy atom. The topological polar surface area (TPSA) is 84.5 Å². The Morgan fingerprint density at radius 2 is 1.24 bits per heavy atom. The van der Waals surface area contributed by atoms with Crippen molar-refractivity contribution in [3.05, 3.63) is 83.2 Å². The van der Waals surface area contributed by atoms with Crippen LogP contribution in [0.3, 0.4) is 0 Å². The Labute approximate surface area is 168 Å². The minimum Gasteiger partial charge on any atom is -0.462 e. The Kier molecular flexibility index (Phi) is 6.14. The summed E-state index contributed by atoms with van der Waals surface area (Å²) in [5.41, 5.74) is 1.95. The first kappa shape index (κ1) is 19.9. The standard InChI is InChI=1S/C23H22N2O4/c1-15-4-11-20(24-22(26)12-9-18-7-5-16(2)28-18)21(14-15)25-23(27)13-10-19-8-6-17(3)29-19/h4-14H,1-3H3,(H,24,26)(H,25,27)/b12-9-,13-10+. The van der Waals surface area contributed by atoms with Crippen LogP contribution in [0.15, 0.2) is 63.5 Å². The number of hydrogen-bond donors (Lipinski definition) is 2. The van der Waals surface area contributed by atoms with E-state index >= 15 is 0 Å². The second-order valence-electron chi connectivity index (χ2n) is 6.59. The molecule has 0 unspecified atom stereocenters. The van der Waals surface area contributed by atoms with E-state index in [2.05, 4.69) is 10.6 Å². The zero-order valence-corrected chi connectivity index (χ0v) is 16.5. The SMILES string of the molecule is Cc1ccc(NC(=O)/C=C\c2ccc(C)o2)c(NC(=O)/C=C/c2ccc(C)o2)c1. The maximum absolute atomic E-state index is 12.3. The number of hydrogen-bond acceptors (Lipinski definition) is 4. The third-order valence-electron chi connectivity index (χ3n) is 4.01. The third kappa shape index (κ3) is 5.84. The Bertz CT molecular complexity index is 1090. The lowest BCUT2D eigenvalue weighted by Crippen LogP contribution is -2.13. The van der Waals surface area contributed by atoms with E-state index in [1.54, 1.807) is 36.4 Å². The molecule has 2 N–H and O–H groups in total. The van der Waals surface area contributed by atoms with E-state index in [9.17, 15) is 9.59 Å². The number of aryl methyl sites for hydroxylation is 3. The summed E-state index contributed by atoms with van der Waals surface area (Å²) in [5.74, 6) is 2.06. The highest BCUT2D eigenvalue weighted by Gasteiger charge is 2.08. The molecular formula is C23H22N2O4. The van der Waals surface area contributed by atoms with Crippen LogP contribution in [0.25, 0.3) is 12.2 Å². The maximum Gasteiger partial charge on any atom is 0.248 e. The van der Waals surface area contributed by atoms with Crippen LogP contribution in [0.5, 0.6) is 0 Å². The molecule has 0 fully saturated rings. The van der Waals surface area contributed by atoms with Crippen LogP contribution in [-0.4, -0.2) is 11.8 Å². The van der Waals surface area contributed by atoms with Crippen LogP contribution in [0.4, 0.5) is 11.4 Å². The van der Waals surface area contributed by atoms with Gasteiger partial charge in [0.15, 0.2) is 0 Å². The lowest BCUT2D eigenvalue weighted by atomic mass is 10.2. The number of carbonyl (C=O) groups is 2. The molecule has 0 aliphatic carbocycles. The Morgan fingerprint density at radius 1 is 0.724 bits per heavy atom. The van der Waals surface area contributed by atoms with Crippen LogP contribution in [0.2, 0.25) is 0 Å². The molecule has 2 amide bonds. The summed E-state index contributed by atoms with van der Waals surface area (Å²) in [7, 11) is 0. The van der Waals surface area contributed by atoms with Gasteiger partial charge in [-0.05, 0) is 74.9 Å². The van der Waals surface area contributed by atoms with Crippen molar-refractivity contribution >= 4 is 35.3 Å². The van der Waals surface area contributed by atoms with Gasteiger partial charge in [-0.15, -0.1) is 0 Å². The van der Waals surface area contributed by atoms with Crippen LogP contribution < -0.4 is 10.6 Å². The fraction of sp³-hybridized carbons (Fsp3) is 0.130. The predicted octanol–water partition coefficient (Wildman–Crippen LogP) is 5.10. The Hall–Kier alpha value is -3.80. The Balaban J connectivity index is 1.68. The van der Waals surface area contributed by atoms with Crippen LogP contribution in [0, 0.1) is 20.8 Å². The summed E-state index contributed by atoms with van der Waals surface area (Å²) in [4.78, 5) is 24.5. The molecule has 6 heteroatoms. The molecule has 0 aliphatic rings. The van der Waals surface area contributed by atoms with Crippen molar-refractivity contribution in [1.29, 1.82) is 0 Å². The van der Waals surface area contributed by atoms with Crippen molar-refractivity contribution in [2.24, 2.45) is 0 Å². The smallest absolute Gasteiger partial charge is 0.248 e. The zero-order chi connectivity index (χ0) is 20.8. The summed E-state index contributed by atoms with van der Waals surface area (Å²) < 4.78 is 10.8. The van der Waals surface area contributed by atoms with Crippen molar-refractivity contribution in [2.75, 3.05) is 10.6 Å². The largest absolute Gasteiger partial charge is 0.462 e. The van der Waals surface area contributed by atoms with Crippen LogP contribution in [-0.2, 0) is 9.59 Å². The van der Waals surface area contributed by atoms with Gasteiger partial charge in [-0.3, -0.25) is 9.59 Å². The predicted molar refractivity (Wildman–Crippen MR) is 113 cm³/mol.